The van der Waals surface area contributed by atoms with E-state index in [0.29, 0.717) is 11.3 Å². The minimum absolute atomic E-state index is 0.268. The van der Waals surface area contributed by atoms with Crippen molar-refractivity contribution in [1.29, 1.82) is 5.26 Å². The summed E-state index contributed by atoms with van der Waals surface area (Å²) in [7, 11) is 0. The third-order valence-corrected chi connectivity index (χ3v) is 6.82. The van der Waals surface area contributed by atoms with Crippen LogP contribution in [0.5, 0.6) is 0 Å². The van der Waals surface area contributed by atoms with Crippen molar-refractivity contribution in [3.05, 3.63) is 126 Å². The van der Waals surface area contributed by atoms with Crippen LogP contribution in [0.25, 0.3) is 38.7 Å². The average Bonchev–Trinajstić information content (AvgIpc) is 3.72. The Labute approximate surface area is 218 Å². The lowest BCUT2D eigenvalue weighted by molar-refractivity contribution is 0.593. The Morgan fingerprint density at radius 3 is 2.16 bits per heavy atom. The van der Waals surface area contributed by atoms with Crippen LogP contribution >= 0.6 is 11.3 Å². The Kier molecular flexibility index (Phi) is 6.04. The number of benzene rings is 3. The van der Waals surface area contributed by atoms with Crippen LogP contribution in [-0.4, -0.2) is 16.0 Å². The number of rotatable bonds is 6. The molecule has 0 aliphatic rings. The van der Waals surface area contributed by atoms with Gasteiger partial charge in [-0.15, -0.1) is 11.3 Å². The third-order valence-electron chi connectivity index (χ3n) is 5.94. The van der Waals surface area contributed by atoms with Crippen molar-refractivity contribution in [3.63, 3.8) is 0 Å². The smallest absolute Gasteiger partial charge is 0.238 e. The summed E-state index contributed by atoms with van der Waals surface area (Å²) in [4.78, 5) is 5.73. The molecule has 0 saturated carbocycles. The highest BCUT2D eigenvalue weighted by atomic mass is 32.1. The van der Waals surface area contributed by atoms with Crippen molar-refractivity contribution in [2.24, 2.45) is 4.99 Å². The molecule has 0 aliphatic carbocycles. The molecule has 3 aromatic heterocycles. The first kappa shape index (κ1) is 22.5. The van der Waals surface area contributed by atoms with Crippen molar-refractivity contribution in [1.82, 2.24) is 9.78 Å². The zero-order valence-corrected chi connectivity index (χ0v) is 20.5. The Morgan fingerprint density at radius 1 is 0.838 bits per heavy atom. The van der Waals surface area contributed by atoms with E-state index in [1.165, 1.54) is 0 Å². The number of para-hydroxylation sites is 1. The van der Waals surface area contributed by atoms with Crippen LogP contribution in [0.1, 0.15) is 11.1 Å². The normalized spacial score (nSPS) is 11.1. The summed E-state index contributed by atoms with van der Waals surface area (Å²) in [5.74, 6) is 0.888. The lowest BCUT2D eigenvalue weighted by Crippen LogP contribution is -1.93. The Hall–Kier alpha value is -4.99. The number of aliphatic imine (C=N–C) groups is 1. The maximum absolute atomic E-state index is 10.2. The molecule has 0 unspecified atom stereocenters. The molecule has 0 N–H and O–H groups in total. The van der Waals surface area contributed by atoms with Crippen LogP contribution in [0.2, 0.25) is 0 Å². The highest BCUT2D eigenvalue weighted by Gasteiger charge is 2.23. The average molecular weight is 497 g/mol. The molecule has 6 rings (SSSR count). The quantitative estimate of drug-likeness (QED) is 0.219. The number of furan rings is 1. The number of thiophene rings is 1. The van der Waals surface area contributed by atoms with E-state index in [2.05, 4.69) is 6.07 Å². The van der Waals surface area contributed by atoms with Crippen molar-refractivity contribution in [2.45, 2.75) is 0 Å². The summed E-state index contributed by atoms with van der Waals surface area (Å²) in [6.07, 6.45) is 3.67. The van der Waals surface area contributed by atoms with Crippen LogP contribution in [0, 0.1) is 11.3 Å². The Morgan fingerprint density at radius 2 is 1.51 bits per heavy atom. The molecule has 37 heavy (non-hydrogen) atoms. The van der Waals surface area contributed by atoms with Crippen LogP contribution in [0.4, 0.5) is 5.88 Å². The Bertz CT molecular complexity index is 1710. The van der Waals surface area contributed by atoms with Gasteiger partial charge >= 0.3 is 0 Å². The predicted octanol–water partition coefficient (Wildman–Crippen LogP) is 8.15. The minimum Gasteiger partial charge on any atom is -0.436 e. The van der Waals surface area contributed by atoms with Gasteiger partial charge in [-0.3, -0.25) is 0 Å². The molecule has 176 valence electrons. The fraction of sp³-hybridized carbons (Fsp3) is 0. The zero-order chi connectivity index (χ0) is 25.0. The van der Waals surface area contributed by atoms with Crippen molar-refractivity contribution < 1.29 is 4.42 Å². The second-order valence-electron chi connectivity index (χ2n) is 8.28. The topological polar surface area (TPSA) is 67.1 Å². The maximum Gasteiger partial charge on any atom is 0.238 e. The second kappa shape index (κ2) is 9.94. The lowest BCUT2D eigenvalue weighted by atomic mass is 9.98. The zero-order valence-electron chi connectivity index (χ0n) is 19.7. The van der Waals surface area contributed by atoms with Gasteiger partial charge in [-0.25, -0.2) is 9.67 Å². The van der Waals surface area contributed by atoms with Crippen LogP contribution in [0.15, 0.2) is 124 Å². The van der Waals surface area contributed by atoms with E-state index in [0.717, 1.165) is 38.5 Å². The number of hydrogen-bond donors (Lipinski definition) is 0. The van der Waals surface area contributed by atoms with Gasteiger partial charge in [0.15, 0.2) is 0 Å². The van der Waals surface area contributed by atoms with Crippen molar-refractivity contribution in [3.8, 4) is 44.8 Å². The lowest BCUT2D eigenvalue weighted by Gasteiger charge is -2.03. The molecule has 6 aromatic rings. The number of nitriles is 1. The highest BCUT2D eigenvalue weighted by Crippen LogP contribution is 2.42. The molecule has 0 amide bonds. The van der Waals surface area contributed by atoms with Crippen LogP contribution < -0.4 is 0 Å². The molecule has 3 aromatic carbocycles. The molecule has 0 saturated heterocycles. The van der Waals surface area contributed by atoms with E-state index in [9.17, 15) is 5.26 Å². The van der Waals surface area contributed by atoms with Gasteiger partial charge in [0.05, 0.1) is 10.6 Å². The largest absolute Gasteiger partial charge is 0.436 e. The van der Waals surface area contributed by atoms with Gasteiger partial charge in [0, 0.05) is 29.1 Å². The van der Waals surface area contributed by atoms with Crippen molar-refractivity contribution in [2.75, 3.05) is 0 Å². The summed E-state index contributed by atoms with van der Waals surface area (Å²) >= 11 is 1.62. The van der Waals surface area contributed by atoms with Gasteiger partial charge in [-0.2, -0.15) is 10.4 Å². The highest BCUT2D eigenvalue weighted by molar-refractivity contribution is 7.13. The summed E-state index contributed by atoms with van der Waals surface area (Å²) in [5, 5.41) is 17.0. The molecular formula is C31H20N4OS. The van der Waals surface area contributed by atoms with Crippen LogP contribution in [-0.2, 0) is 0 Å². The first-order valence-electron chi connectivity index (χ1n) is 11.7. The summed E-state index contributed by atoms with van der Waals surface area (Å²) in [5.41, 5.74) is 5.52. The fourth-order valence-electron chi connectivity index (χ4n) is 4.21. The number of nitrogens with zero attached hydrogens (tertiary/aromatic N) is 4. The van der Waals surface area contributed by atoms with Gasteiger partial charge in [-0.05, 0) is 29.1 Å². The molecule has 6 heteroatoms. The summed E-state index contributed by atoms with van der Waals surface area (Å²) in [6, 6.07) is 35.9. The molecular weight excluding hydrogens is 476 g/mol. The summed E-state index contributed by atoms with van der Waals surface area (Å²) < 4.78 is 8.12. The second-order valence-corrected chi connectivity index (χ2v) is 9.23. The first-order chi connectivity index (χ1) is 18.3. The van der Waals surface area contributed by atoms with E-state index < -0.39 is 0 Å². The van der Waals surface area contributed by atoms with Crippen LogP contribution in [0.3, 0.4) is 0 Å². The van der Waals surface area contributed by atoms with E-state index in [1.807, 2.05) is 119 Å². The van der Waals surface area contributed by atoms with Gasteiger partial charge < -0.3 is 4.42 Å². The molecule has 0 radical (unpaired) electrons. The van der Waals surface area contributed by atoms with E-state index in [1.54, 1.807) is 17.6 Å². The number of aromatic nitrogens is 2. The SMILES string of the molecule is N#Cc1c(N=Cc2cn(-c3ccccc3)nc2-c2cccs2)oc(-c2ccccc2)c1-c1ccccc1. The number of hydrogen-bond acceptors (Lipinski definition) is 5. The molecule has 0 atom stereocenters. The monoisotopic (exact) mass is 496 g/mol. The molecule has 5 nitrogen and oxygen atoms in total. The third kappa shape index (κ3) is 4.40. The molecule has 0 aliphatic heterocycles. The van der Waals surface area contributed by atoms with Gasteiger partial charge in [0.2, 0.25) is 5.88 Å². The first-order valence-corrected chi connectivity index (χ1v) is 12.6. The maximum atomic E-state index is 10.2. The standard InChI is InChI=1S/C31H20N4OS/c32-19-26-28(22-11-4-1-5-12-22)30(23-13-6-2-7-14-23)36-31(26)33-20-24-21-35(25-15-8-3-9-16-25)34-29(24)27-17-10-18-37-27/h1-18,20-21H. The fourth-order valence-corrected chi connectivity index (χ4v) is 4.95. The molecule has 3 heterocycles. The van der Waals surface area contributed by atoms with E-state index in [-0.39, 0.29) is 5.88 Å². The van der Waals surface area contributed by atoms with E-state index >= 15 is 0 Å². The molecule has 0 fully saturated rings. The summed E-state index contributed by atoms with van der Waals surface area (Å²) in [6.45, 7) is 0. The van der Waals surface area contributed by atoms with Gasteiger partial charge in [0.1, 0.15) is 23.1 Å². The van der Waals surface area contributed by atoms with E-state index in [4.69, 9.17) is 14.5 Å². The van der Waals surface area contributed by atoms with Crippen molar-refractivity contribution >= 4 is 23.4 Å². The molecule has 0 spiro atoms. The predicted molar refractivity (Wildman–Crippen MR) is 148 cm³/mol. The van der Waals surface area contributed by atoms with Gasteiger partial charge in [-0.1, -0.05) is 84.9 Å². The molecule has 0 bridgehead atoms. The minimum atomic E-state index is 0.268. The Balaban J connectivity index is 1.49. The van der Waals surface area contributed by atoms with Gasteiger partial charge in [0.25, 0.3) is 0 Å².